The molecule has 0 bridgehead atoms. The van der Waals surface area contributed by atoms with Gasteiger partial charge in [0.05, 0.1) is 13.2 Å². The fourth-order valence-corrected chi connectivity index (χ4v) is 1.09. The monoisotopic (exact) mass is 194 g/mol. The smallest absolute Gasteiger partial charge is 0.194 e. The maximum Gasteiger partial charge on any atom is 0.194 e. The van der Waals surface area contributed by atoms with Crippen molar-refractivity contribution in [2.45, 2.75) is 20.5 Å². The number of hydrogen-bond acceptors (Lipinski definition) is 3. The number of carbonyl (C=O) groups excluding carboxylic acids is 1. The second-order valence-electron chi connectivity index (χ2n) is 3.05. The third kappa shape index (κ3) is 2.57. The molecule has 0 atom stereocenters. The first-order valence-electron chi connectivity index (χ1n) is 4.44. The van der Waals surface area contributed by atoms with Gasteiger partial charge >= 0.3 is 0 Å². The van der Waals surface area contributed by atoms with Crippen molar-refractivity contribution in [1.29, 1.82) is 0 Å². The van der Waals surface area contributed by atoms with Gasteiger partial charge in [0.1, 0.15) is 5.76 Å². The van der Waals surface area contributed by atoms with Crippen LogP contribution < -0.4 is 0 Å². The highest BCUT2D eigenvalue weighted by molar-refractivity contribution is 5.91. The van der Waals surface area contributed by atoms with Crippen molar-refractivity contribution in [1.82, 2.24) is 0 Å². The lowest BCUT2D eigenvalue weighted by atomic mass is 10.2. The molecule has 0 radical (unpaired) electrons. The number of hydrogen-bond donors (Lipinski definition) is 0. The van der Waals surface area contributed by atoms with Crippen LogP contribution in [0.2, 0.25) is 0 Å². The summed E-state index contributed by atoms with van der Waals surface area (Å²) in [5, 5.41) is 0. The van der Waals surface area contributed by atoms with Crippen molar-refractivity contribution in [2.75, 3.05) is 6.61 Å². The van der Waals surface area contributed by atoms with Crippen molar-refractivity contribution < 1.29 is 13.9 Å². The highest BCUT2D eigenvalue weighted by Crippen LogP contribution is 2.15. The van der Waals surface area contributed by atoms with E-state index >= 15 is 0 Å². The highest BCUT2D eigenvalue weighted by Gasteiger charge is 2.10. The molecule has 3 heteroatoms. The van der Waals surface area contributed by atoms with Crippen LogP contribution in [-0.2, 0) is 11.3 Å². The average molecular weight is 194 g/mol. The average Bonchev–Trinajstić information content (AvgIpc) is 2.49. The first-order valence-corrected chi connectivity index (χ1v) is 4.44. The Morgan fingerprint density at radius 3 is 2.93 bits per heavy atom. The van der Waals surface area contributed by atoms with Gasteiger partial charge in [0.25, 0.3) is 0 Å². The maximum absolute atomic E-state index is 11.0. The Labute approximate surface area is 83.4 Å². The molecule has 0 aliphatic carbocycles. The zero-order valence-corrected chi connectivity index (χ0v) is 8.50. The van der Waals surface area contributed by atoms with E-state index in [9.17, 15) is 4.79 Å². The molecular weight excluding hydrogens is 180 g/mol. The molecule has 1 aromatic heterocycles. The van der Waals surface area contributed by atoms with Gasteiger partial charge in [0, 0.05) is 12.5 Å². The third-order valence-corrected chi connectivity index (χ3v) is 1.86. The number of carbonyl (C=O) groups is 1. The van der Waals surface area contributed by atoms with Gasteiger partial charge in [-0.2, -0.15) is 0 Å². The molecule has 0 aliphatic rings. The second kappa shape index (κ2) is 4.77. The summed E-state index contributed by atoms with van der Waals surface area (Å²) in [6.45, 7) is 7.80. The van der Waals surface area contributed by atoms with Gasteiger partial charge < -0.3 is 9.15 Å². The van der Waals surface area contributed by atoms with Crippen molar-refractivity contribution in [3.8, 4) is 0 Å². The molecule has 0 saturated carbocycles. The quantitative estimate of drug-likeness (QED) is 0.410. The molecule has 14 heavy (non-hydrogen) atoms. The van der Waals surface area contributed by atoms with Gasteiger partial charge in [-0.15, -0.1) is 6.58 Å². The number of rotatable bonds is 5. The molecule has 0 aromatic carbocycles. The minimum atomic E-state index is -0.0666. The zero-order chi connectivity index (χ0) is 10.6. The number of furan rings is 1. The minimum absolute atomic E-state index is 0.0666. The summed E-state index contributed by atoms with van der Waals surface area (Å²) in [4.78, 5) is 11.0. The molecule has 0 saturated heterocycles. The highest BCUT2D eigenvalue weighted by atomic mass is 16.5. The SMILES string of the molecule is C=CCOCc1cc(C(C)=O)oc1C. The molecule has 3 nitrogen and oxygen atoms in total. The number of ether oxygens (including phenoxy) is 1. The lowest BCUT2D eigenvalue weighted by molar-refractivity contribution is 0.0986. The molecule has 1 aromatic rings. The summed E-state index contributed by atoms with van der Waals surface area (Å²) in [5.74, 6) is 1.06. The minimum Gasteiger partial charge on any atom is -0.458 e. The van der Waals surface area contributed by atoms with E-state index in [1.165, 1.54) is 6.92 Å². The summed E-state index contributed by atoms with van der Waals surface area (Å²) >= 11 is 0. The lowest BCUT2D eigenvalue weighted by Crippen LogP contribution is -1.92. The van der Waals surface area contributed by atoms with Crippen LogP contribution in [0.4, 0.5) is 0 Å². The first-order chi connectivity index (χ1) is 6.65. The Balaban J connectivity index is 2.67. The van der Waals surface area contributed by atoms with E-state index in [0.29, 0.717) is 19.0 Å². The van der Waals surface area contributed by atoms with E-state index in [1.54, 1.807) is 12.1 Å². The molecule has 0 unspecified atom stereocenters. The van der Waals surface area contributed by atoms with Crippen LogP contribution >= 0.6 is 0 Å². The molecule has 0 fully saturated rings. The van der Waals surface area contributed by atoms with E-state index in [4.69, 9.17) is 9.15 Å². The van der Waals surface area contributed by atoms with Gasteiger partial charge in [0.2, 0.25) is 0 Å². The zero-order valence-electron chi connectivity index (χ0n) is 8.50. The molecular formula is C11H14O3. The number of ketones is 1. The first kappa shape index (κ1) is 10.7. The summed E-state index contributed by atoms with van der Waals surface area (Å²) in [7, 11) is 0. The largest absolute Gasteiger partial charge is 0.458 e. The molecule has 76 valence electrons. The van der Waals surface area contributed by atoms with E-state index in [-0.39, 0.29) is 5.78 Å². The molecule has 0 aliphatic heterocycles. The van der Waals surface area contributed by atoms with Crippen LogP contribution in [0.25, 0.3) is 0 Å². The molecule has 1 heterocycles. The maximum atomic E-state index is 11.0. The predicted octanol–water partition coefficient (Wildman–Crippen LogP) is 2.49. The number of aryl methyl sites for hydroxylation is 1. The van der Waals surface area contributed by atoms with Crippen molar-refractivity contribution in [2.24, 2.45) is 0 Å². The molecule has 0 N–H and O–H groups in total. The van der Waals surface area contributed by atoms with Crippen molar-refractivity contribution in [3.05, 3.63) is 35.8 Å². The summed E-state index contributed by atoms with van der Waals surface area (Å²) in [6.07, 6.45) is 1.68. The Morgan fingerprint density at radius 2 is 2.43 bits per heavy atom. The molecule has 1 rings (SSSR count). The topological polar surface area (TPSA) is 39.4 Å². The lowest BCUT2D eigenvalue weighted by Gasteiger charge is -1.97. The second-order valence-corrected chi connectivity index (χ2v) is 3.05. The van der Waals surface area contributed by atoms with Crippen LogP contribution in [0, 0.1) is 6.92 Å². The number of Topliss-reactive ketones (excluding diaryl/α,β-unsaturated/α-hetero) is 1. The van der Waals surface area contributed by atoms with E-state index in [0.717, 1.165) is 11.3 Å². The van der Waals surface area contributed by atoms with Gasteiger partial charge in [0.15, 0.2) is 11.5 Å². The van der Waals surface area contributed by atoms with Crippen molar-refractivity contribution in [3.63, 3.8) is 0 Å². The van der Waals surface area contributed by atoms with Gasteiger partial charge in [-0.25, -0.2) is 0 Å². The van der Waals surface area contributed by atoms with Gasteiger partial charge in [-0.1, -0.05) is 6.08 Å². The fraction of sp³-hybridized carbons (Fsp3) is 0.364. The summed E-state index contributed by atoms with van der Waals surface area (Å²) < 4.78 is 10.5. The fourth-order valence-electron chi connectivity index (χ4n) is 1.09. The third-order valence-electron chi connectivity index (χ3n) is 1.86. The Morgan fingerprint density at radius 1 is 1.71 bits per heavy atom. The van der Waals surface area contributed by atoms with Crippen molar-refractivity contribution >= 4 is 5.78 Å². The van der Waals surface area contributed by atoms with Gasteiger partial charge in [-0.3, -0.25) is 4.79 Å². The summed E-state index contributed by atoms with van der Waals surface area (Å²) in [5.41, 5.74) is 0.914. The van der Waals surface area contributed by atoms with Crippen LogP contribution in [0.3, 0.4) is 0 Å². The van der Waals surface area contributed by atoms with E-state index < -0.39 is 0 Å². The molecule has 0 spiro atoms. The summed E-state index contributed by atoms with van der Waals surface area (Å²) in [6, 6.07) is 1.72. The Hall–Kier alpha value is -1.35. The standard InChI is InChI=1S/C11H14O3/c1-4-5-13-7-10-6-11(8(2)12)14-9(10)3/h4,6H,1,5,7H2,2-3H3. The normalized spacial score (nSPS) is 10.1. The Kier molecular flexibility index (Phi) is 3.65. The van der Waals surface area contributed by atoms with Crippen LogP contribution in [0.1, 0.15) is 28.8 Å². The van der Waals surface area contributed by atoms with Crippen LogP contribution in [-0.4, -0.2) is 12.4 Å². The predicted molar refractivity (Wildman–Crippen MR) is 53.3 cm³/mol. The van der Waals surface area contributed by atoms with Crippen LogP contribution in [0.5, 0.6) is 0 Å². The van der Waals surface area contributed by atoms with E-state index in [1.807, 2.05) is 6.92 Å². The van der Waals surface area contributed by atoms with E-state index in [2.05, 4.69) is 6.58 Å². The van der Waals surface area contributed by atoms with Gasteiger partial charge in [-0.05, 0) is 13.0 Å². The Bertz CT molecular complexity index is 336. The molecule has 0 amide bonds. The van der Waals surface area contributed by atoms with Crippen LogP contribution in [0.15, 0.2) is 23.1 Å².